The minimum atomic E-state index is -4.91. The molecule has 0 spiro atoms. The minimum absolute atomic E-state index is 0.00611. The van der Waals surface area contributed by atoms with E-state index in [2.05, 4.69) is 19.9 Å². The second-order valence-corrected chi connectivity index (χ2v) is 28.3. The van der Waals surface area contributed by atoms with Gasteiger partial charge in [-0.05, 0) is 127 Å². The molecule has 28 nitrogen and oxygen atoms in total. The van der Waals surface area contributed by atoms with Crippen LogP contribution in [0.2, 0.25) is 0 Å². The third-order valence-electron chi connectivity index (χ3n) is 20.7. The Morgan fingerprint density at radius 1 is 0.628 bits per heavy atom. The van der Waals surface area contributed by atoms with Crippen molar-refractivity contribution in [3.8, 4) is 0 Å². The highest BCUT2D eigenvalue weighted by molar-refractivity contribution is 7.80. The van der Waals surface area contributed by atoms with Gasteiger partial charge in [0.25, 0.3) is 0 Å². The molecule has 4 aliphatic carbocycles. The first-order valence-corrected chi connectivity index (χ1v) is 31.7. The van der Waals surface area contributed by atoms with Gasteiger partial charge in [-0.3, -0.25) is 9.35 Å². The van der Waals surface area contributed by atoms with Crippen molar-refractivity contribution in [3.63, 3.8) is 0 Å². The first kappa shape index (κ1) is 68.7. The van der Waals surface area contributed by atoms with Crippen LogP contribution in [-0.2, 0) is 66.7 Å². The van der Waals surface area contributed by atoms with E-state index in [1.807, 2.05) is 13.8 Å². The van der Waals surface area contributed by atoms with Crippen molar-refractivity contribution >= 4 is 16.2 Å². The molecule has 20 unspecified atom stereocenters. The lowest BCUT2D eigenvalue weighted by atomic mass is 9.47. The molecular formula is C57H94O28S. The number of fused-ring (bicyclic) bond motifs is 5. The largest absolute Gasteiger partial charge is 0.397 e. The van der Waals surface area contributed by atoms with E-state index in [1.165, 1.54) is 34.6 Å². The molecule has 8 fully saturated rings. The standard InChI is InChI=1S/C57H94O28S/c1-21(2)17-27(58)20-56(10,69)34-12-11-30-29-19-33(32-18-28(85-86(72,73)74)13-15-54(32,8)31(29)14-16-55(30,34)9)80-51-44(68)48(57(70,71)26(7)79-51)84-53-47(83-50-42(66)39(63)36(60)23(4)76-50)43(67)45(25(6)78-53)81-52-46(40(64)37(61)24(5)77-52)82-49-41(65)38(62)35(59)22(3)75-49/h14,21-26,28-30,32-53,59-71H,11-13,15-20H2,1-10H3,(H,72,73,74)/t22?,23?,24?,25?,26?,28?,29?,30?,32?,33?,34-,35-,36+,37-,38?,39?,40?,41?,42?,43?,44?,45+,46?,47?,48?,49-,50-,51-,52-,53-,54+,55-,56-/m0/s1. The quantitative estimate of drug-likeness (QED) is 0.0428. The van der Waals surface area contributed by atoms with Crippen LogP contribution in [0, 0.1) is 40.4 Å². The summed E-state index contributed by atoms with van der Waals surface area (Å²) >= 11 is 0. The Morgan fingerprint density at radius 2 is 1.14 bits per heavy atom. The second kappa shape index (κ2) is 25.7. The van der Waals surface area contributed by atoms with Crippen LogP contribution in [-0.4, -0.2) is 256 Å². The predicted molar refractivity (Wildman–Crippen MR) is 290 cm³/mol. The number of aliphatic hydroxyl groups excluding tert-OH is 10. The topological polar surface area (TPSA) is 436 Å². The fraction of sp³-hybridized carbons (Fsp3) is 0.947. The van der Waals surface area contributed by atoms with E-state index < -0.39 is 198 Å². The molecule has 0 aromatic heterocycles. The molecule has 5 saturated heterocycles. The number of hydrogen-bond donors (Lipinski definition) is 14. The molecule has 14 N–H and O–H groups in total. The van der Waals surface area contributed by atoms with Gasteiger partial charge in [-0.2, -0.15) is 8.42 Å². The highest BCUT2D eigenvalue weighted by Gasteiger charge is 2.65. The zero-order chi connectivity index (χ0) is 63.4. The highest BCUT2D eigenvalue weighted by Crippen LogP contribution is 2.67. The number of hydrogen-bond acceptors (Lipinski definition) is 27. The summed E-state index contributed by atoms with van der Waals surface area (Å²) in [5, 5.41) is 148. The Hall–Kier alpha value is -1.64. The average molecular weight is 1260 g/mol. The number of Topliss-reactive ketones (excluding diaryl/α,β-unsaturated/α-hetero) is 1. The van der Waals surface area contributed by atoms with Crippen LogP contribution in [0.5, 0.6) is 0 Å². The maximum Gasteiger partial charge on any atom is 0.397 e. The van der Waals surface area contributed by atoms with Gasteiger partial charge in [-0.15, -0.1) is 0 Å². The fourth-order valence-electron chi connectivity index (χ4n) is 16.0. The van der Waals surface area contributed by atoms with Crippen molar-refractivity contribution < 1.29 is 136 Å². The lowest BCUT2D eigenvalue weighted by Gasteiger charge is -2.60. The van der Waals surface area contributed by atoms with Gasteiger partial charge in [0.1, 0.15) is 97.3 Å². The lowest BCUT2D eigenvalue weighted by molar-refractivity contribution is -0.432. The average Bonchev–Trinajstić information content (AvgIpc) is 3.26. The summed E-state index contributed by atoms with van der Waals surface area (Å²) < 4.78 is 101. The van der Waals surface area contributed by atoms with E-state index in [0.29, 0.717) is 32.1 Å². The maximum absolute atomic E-state index is 13.2. The SMILES string of the molecule is CC(C)CC(=O)C[C@](C)(O)[C@H]1CCC2C3CC(O[C@@H]4OC(C)C(O)(O)C(O[C@@H]5OC(C)[C@@H](O[C@@H]6OC(C)[C@H](O)C(O)C6O[C@@H]6OC(C)[C@H](O)C(O)C6O)C(O)C5O[C@@H]5OC(C)[C@@H](O)C(O)C5O)C4O)C4CC(OS(=O)(=O)O)CC[C@]4(C)C3=CC[C@@]21C. The van der Waals surface area contributed by atoms with E-state index in [-0.39, 0.29) is 55.1 Å². The van der Waals surface area contributed by atoms with Crippen LogP contribution in [0.15, 0.2) is 11.6 Å². The molecule has 5 aliphatic heterocycles. The van der Waals surface area contributed by atoms with Crippen LogP contribution >= 0.6 is 0 Å². The number of aliphatic hydroxyl groups is 13. The molecule has 0 amide bonds. The Morgan fingerprint density at radius 3 is 1.71 bits per heavy atom. The van der Waals surface area contributed by atoms with Crippen LogP contribution in [0.3, 0.4) is 0 Å². The summed E-state index contributed by atoms with van der Waals surface area (Å²) in [5.41, 5.74) is -1.39. The van der Waals surface area contributed by atoms with E-state index in [4.69, 9.17) is 51.6 Å². The molecule has 0 aromatic rings. The van der Waals surface area contributed by atoms with Crippen LogP contribution in [0.1, 0.15) is 127 Å². The van der Waals surface area contributed by atoms with Crippen molar-refractivity contribution in [1.82, 2.24) is 0 Å². The van der Waals surface area contributed by atoms with Gasteiger partial charge >= 0.3 is 10.4 Å². The number of allylic oxidation sites excluding steroid dienone is 2. The van der Waals surface area contributed by atoms with Gasteiger partial charge in [-0.25, -0.2) is 4.18 Å². The van der Waals surface area contributed by atoms with E-state index in [0.717, 1.165) is 5.57 Å². The second-order valence-electron chi connectivity index (χ2n) is 27.3. The van der Waals surface area contributed by atoms with Crippen molar-refractivity contribution in [3.05, 3.63) is 11.6 Å². The molecule has 3 saturated carbocycles. The fourth-order valence-corrected chi connectivity index (χ4v) is 16.5. The van der Waals surface area contributed by atoms with Crippen LogP contribution in [0.4, 0.5) is 0 Å². The van der Waals surface area contributed by atoms with Crippen molar-refractivity contribution in [2.24, 2.45) is 40.4 Å². The first-order chi connectivity index (χ1) is 39.9. The first-order valence-electron chi connectivity index (χ1n) is 30.3. The Labute approximate surface area is 500 Å². The molecule has 33 atom stereocenters. The van der Waals surface area contributed by atoms with E-state index in [9.17, 15) is 84.1 Å². The predicted octanol–water partition coefficient (Wildman–Crippen LogP) is -1.94. The third-order valence-corrected chi connectivity index (χ3v) is 21.2. The number of ether oxygens (including phenoxy) is 10. The van der Waals surface area contributed by atoms with Gasteiger partial charge in [0.2, 0.25) is 5.79 Å². The molecule has 29 heteroatoms. The monoisotopic (exact) mass is 1260 g/mol. The molecule has 9 aliphatic rings. The normalized spacial score (nSPS) is 51.4. The van der Waals surface area contributed by atoms with Gasteiger partial charge < -0.3 is 114 Å². The van der Waals surface area contributed by atoms with Gasteiger partial charge in [-0.1, -0.05) is 39.3 Å². The summed E-state index contributed by atoms with van der Waals surface area (Å²) in [6.45, 7) is 16.6. The Bertz CT molecular complexity index is 2490. The molecule has 0 aromatic carbocycles. The number of carbonyl (C=O) groups excluding carboxylic acids is 1. The summed E-state index contributed by atoms with van der Waals surface area (Å²) in [5.74, 6) is -4.10. The molecular weight excluding hydrogens is 1160 g/mol. The lowest BCUT2D eigenvalue weighted by Crippen LogP contribution is -2.70. The van der Waals surface area contributed by atoms with Crippen molar-refractivity contribution in [2.75, 3.05) is 0 Å². The summed E-state index contributed by atoms with van der Waals surface area (Å²) in [6, 6.07) is 0. The number of rotatable bonds is 17. The van der Waals surface area contributed by atoms with Crippen molar-refractivity contribution in [2.45, 2.75) is 298 Å². The van der Waals surface area contributed by atoms with Crippen LogP contribution < -0.4 is 0 Å². The minimum Gasteiger partial charge on any atom is -0.389 e. The highest BCUT2D eigenvalue weighted by atomic mass is 32.3. The Balaban J connectivity index is 1.00. The Kier molecular flexibility index (Phi) is 20.5. The van der Waals surface area contributed by atoms with Crippen LogP contribution in [0.25, 0.3) is 0 Å². The molecule has 496 valence electrons. The van der Waals surface area contributed by atoms with E-state index >= 15 is 0 Å². The van der Waals surface area contributed by atoms with Gasteiger partial charge in [0, 0.05) is 12.8 Å². The third kappa shape index (κ3) is 13.2. The summed E-state index contributed by atoms with van der Waals surface area (Å²) in [4.78, 5) is 13.2. The zero-order valence-corrected chi connectivity index (χ0v) is 51.0. The zero-order valence-electron chi connectivity index (χ0n) is 50.2. The number of carbonyl (C=O) groups is 1. The van der Waals surface area contributed by atoms with Crippen molar-refractivity contribution in [1.29, 1.82) is 0 Å². The molecule has 0 radical (unpaired) electrons. The summed E-state index contributed by atoms with van der Waals surface area (Å²) in [7, 11) is -4.91. The van der Waals surface area contributed by atoms with Gasteiger partial charge in [0.05, 0.1) is 42.2 Å². The molecule has 86 heavy (non-hydrogen) atoms. The number of ketones is 1. The summed E-state index contributed by atoms with van der Waals surface area (Å²) in [6.07, 6.45) is -38.2. The molecule has 0 bridgehead atoms. The van der Waals surface area contributed by atoms with Gasteiger partial charge in [0.15, 0.2) is 31.5 Å². The molecule has 9 rings (SSSR count). The maximum atomic E-state index is 13.2. The van der Waals surface area contributed by atoms with E-state index in [1.54, 1.807) is 6.92 Å². The molecule has 5 heterocycles. The smallest absolute Gasteiger partial charge is 0.389 e.